The van der Waals surface area contributed by atoms with Crippen LogP contribution in [0.1, 0.15) is 181 Å². The van der Waals surface area contributed by atoms with Crippen molar-refractivity contribution in [3.8, 4) is 0 Å². The van der Waals surface area contributed by atoms with Gasteiger partial charge in [0.15, 0.2) is 0 Å². The van der Waals surface area contributed by atoms with E-state index < -0.39 is 0 Å². The van der Waals surface area contributed by atoms with Gasteiger partial charge in [0, 0.05) is 0 Å². The molecule has 0 radical (unpaired) electrons. The van der Waals surface area contributed by atoms with Crippen molar-refractivity contribution in [2.45, 2.75) is 181 Å². The van der Waals surface area contributed by atoms with Gasteiger partial charge in [-0.25, -0.2) is 0 Å². The molecule has 0 amide bonds. The topological polar surface area (TPSA) is 0 Å². The molecular formula is C32H62. The van der Waals surface area contributed by atoms with Gasteiger partial charge < -0.3 is 0 Å². The second-order valence-corrected chi connectivity index (χ2v) is 10.2. The lowest BCUT2D eigenvalue weighted by atomic mass is 10.0. The summed E-state index contributed by atoms with van der Waals surface area (Å²) < 4.78 is 0. The summed E-state index contributed by atoms with van der Waals surface area (Å²) in [6.07, 6.45) is 46.4. The van der Waals surface area contributed by atoms with Crippen LogP contribution in [0.25, 0.3) is 0 Å². The normalized spacial score (nSPS) is 11.9. The van der Waals surface area contributed by atoms with Crippen LogP contribution >= 0.6 is 0 Å². The lowest BCUT2D eigenvalue weighted by molar-refractivity contribution is 0.542. The summed E-state index contributed by atoms with van der Waals surface area (Å²) in [7, 11) is 0. The molecule has 0 unspecified atom stereocenters. The van der Waals surface area contributed by atoms with Gasteiger partial charge in [0.05, 0.1) is 0 Å². The number of unbranched alkanes of at least 4 members (excludes halogenated alkanes) is 23. The van der Waals surface area contributed by atoms with Crippen molar-refractivity contribution in [2.24, 2.45) is 0 Å². The van der Waals surface area contributed by atoms with Gasteiger partial charge in [0.2, 0.25) is 0 Å². The number of rotatable bonds is 27. The number of allylic oxidation sites excluding steroid dienone is 4. The van der Waals surface area contributed by atoms with Crippen LogP contribution in [0.5, 0.6) is 0 Å². The Morgan fingerprint density at radius 1 is 0.250 bits per heavy atom. The average Bonchev–Trinajstić information content (AvgIpc) is 2.81. The van der Waals surface area contributed by atoms with Crippen molar-refractivity contribution >= 4 is 0 Å². The third-order valence-electron chi connectivity index (χ3n) is 6.77. The molecule has 32 heavy (non-hydrogen) atoms. The monoisotopic (exact) mass is 446 g/mol. The Kier molecular flexibility index (Phi) is 30.0. The van der Waals surface area contributed by atoms with Crippen molar-refractivity contribution in [1.29, 1.82) is 0 Å². The first kappa shape index (κ1) is 31.5. The zero-order chi connectivity index (χ0) is 23.2. The van der Waals surface area contributed by atoms with E-state index in [1.165, 1.54) is 167 Å². The minimum absolute atomic E-state index is 1.30. The van der Waals surface area contributed by atoms with Gasteiger partial charge in [0.1, 0.15) is 0 Å². The molecule has 0 aliphatic heterocycles. The smallest absolute Gasteiger partial charge is 0.0351 e. The van der Waals surface area contributed by atoms with E-state index in [1.807, 2.05) is 0 Å². The van der Waals surface area contributed by atoms with Gasteiger partial charge in [-0.1, -0.05) is 154 Å². The van der Waals surface area contributed by atoms with Crippen LogP contribution < -0.4 is 0 Å². The van der Waals surface area contributed by atoms with Gasteiger partial charge in [-0.15, -0.1) is 0 Å². The fourth-order valence-corrected chi connectivity index (χ4v) is 4.50. The molecule has 0 atom stereocenters. The Bertz CT molecular complexity index is 364. The maximum Gasteiger partial charge on any atom is -0.0351 e. The quantitative estimate of drug-likeness (QED) is 0.0868. The van der Waals surface area contributed by atoms with Crippen LogP contribution in [-0.2, 0) is 0 Å². The zero-order valence-corrected chi connectivity index (χ0v) is 22.7. The third kappa shape index (κ3) is 29.5. The standard InChI is InChI=1S/C32H62/c1-3-5-7-9-11-13-15-17-19-21-23-25-27-29-31-32-30-28-26-24-22-20-18-16-14-12-10-8-6-4-2/h13,15,18,20H,3-12,14,16-17,19,21-32H2,1-2H3. The van der Waals surface area contributed by atoms with Gasteiger partial charge in [-0.3, -0.25) is 0 Å². The molecule has 0 saturated heterocycles. The first-order chi connectivity index (χ1) is 15.9. The van der Waals surface area contributed by atoms with E-state index in [4.69, 9.17) is 0 Å². The van der Waals surface area contributed by atoms with Gasteiger partial charge in [-0.05, 0) is 51.4 Å². The largest absolute Gasteiger partial charge is 0.0885 e. The molecule has 0 aliphatic rings. The highest BCUT2D eigenvalue weighted by Crippen LogP contribution is 2.14. The third-order valence-corrected chi connectivity index (χ3v) is 6.77. The predicted molar refractivity (Wildman–Crippen MR) is 150 cm³/mol. The molecule has 0 aliphatic carbocycles. The predicted octanol–water partition coefficient (Wildman–Crippen LogP) is 12.3. The van der Waals surface area contributed by atoms with Crippen LogP contribution in [-0.4, -0.2) is 0 Å². The Balaban J connectivity index is 3.09. The summed E-state index contributed by atoms with van der Waals surface area (Å²) in [5.74, 6) is 0. The lowest BCUT2D eigenvalue weighted by Gasteiger charge is -2.02. The van der Waals surface area contributed by atoms with E-state index in [1.54, 1.807) is 0 Å². The van der Waals surface area contributed by atoms with E-state index in [2.05, 4.69) is 38.2 Å². The molecule has 0 rings (SSSR count). The Hall–Kier alpha value is -0.520. The van der Waals surface area contributed by atoms with Crippen molar-refractivity contribution in [2.75, 3.05) is 0 Å². The molecule has 0 bridgehead atoms. The summed E-state index contributed by atoms with van der Waals surface area (Å²) in [6, 6.07) is 0. The minimum Gasteiger partial charge on any atom is -0.0885 e. The SMILES string of the molecule is CCCCCCC=CCCCCCCCCCCCCCCC=CCCCCCCCC. The minimum atomic E-state index is 1.30. The number of hydrogen-bond donors (Lipinski definition) is 0. The highest BCUT2D eigenvalue weighted by molar-refractivity contribution is 4.82. The molecular weight excluding hydrogens is 384 g/mol. The van der Waals surface area contributed by atoms with Crippen LogP contribution in [0, 0.1) is 0 Å². The van der Waals surface area contributed by atoms with Gasteiger partial charge in [-0.2, -0.15) is 0 Å². The summed E-state index contributed by atoms with van der Waals surface area (Å²) in [6.45, 7) is 4.58. The second-order valence-electron chi connectivity index (χ2n) is 10.2. The van der Waals surface area contributed by atoms with Gasteiger partial charge >= 0.3 is 0 Å². The van der Waals surface area contributed by atoms with E-state index in [-0.39, 0.29) is 0 Å². The van der Waals surface area contributed by atoms with Crippen molar-refractivity contribution in [1.82, 2.24) is 0 Å². The van der Waals surface area contributed by atoms with Crippen LogP contribution in [0.15, 0.2) is 24.3 Å². The first-order valence-corrected chi connectivity index (χ1v) is 15.2. The Morgan fingerprint density at radius 3 is 0.688 bits per heavy atom. The molecule has 0 spiro atoms. The van der Waals surface area contributed by atoms with E-state index in [0.29, 0.717) is 0 Å². The maximum atomic E-state index is 2.44. The molecule has 0 aromatic rings. The summed E-state index contributed by atoms with van der Waals surface area (Å²) >= 11 is 0. The molecule has 0 aromatic heterocycles. The maximum absolute atomic E-state index is 2.44. The number of hydrogen-bond acceptors (Lipinski definition) is 0. The molecule has 0 heteroatoms. The summed E-state index contributed by atoms with van der Waals surface area (Å²) in [4.78, 5) is 0. The van der Waals surface area contributed by atoms with E-state index in [9.17, 15) is 0 Å². The van der Waals surface area contributed by atoms with Crippen LogP contribution in [0.2, 0.25) is 0 Å². The second kappa shape index (κ2) is 30.5. The Labute approximate surface area is 205 Å². The van der Waals surface area contributed by atoms with Gasteiger partial charge in [0.25, 0.3) is 0 Å². The molecule has 0 aromatic carbocycles. The molecule has 0 fully saturated rings. The van der Waals surface area contributed by atoms with Crippen LogP contribution in [0.4, 0.5) is 0 Å². The summed E-state index contributed by atoms with van der Waals surface area (Å²) in [5, 5.41) is 0. The van der Waals surface area contributed by atoms with Crippen molar-refractivity contribution in [3.05, 3.63) is 24.3 Å². The molecule has 0 heterocycles. The summed E-state index contributed by atoms with van der Waals surface area (Å²) in [5.41, 5.74) is 0. The van der Waals surface area contributed by atoms with E-state index in [0.717, 1.165) is 0 Å². The molecule has 190 valence electrons. The highest BCUT2D eigenvalue weighted by Gasteiger charge is 1.94. The van der Waals surface area contributed by atoms with Crippen molar-refractivity contribution < 1.29 is 0 Å². The Morgan fingerprint density at radius 2 is 0.438 bits per heavy atom. The fraction of sp³-hybridized carbons (Fsp3) is 0.875. The molecule has 0 N–H and O–H groups in total. The first-order valence-electron chi connectivity index (χ1n) is 15.2. The molecule has 0 saturated carbocycles. The lowest BCUT2D eigenvalue weighted by Crippen LogP contribution is -1.83. The highest BCUT2D eigenvalue weighted by atomic mass is 14.0. The van der Waals surface area contributed by atoms with E-state index >= 15 is 0 Å². The zero-order valence-electron chi connectivity index (χ0n) is 22.7. The van der Waals surface area contributed by atoms with Crippen LogP contribution in [0.3, 0.4) is 0 Å². The average molecular weight is 447 g/mol. The molecule has 0 nitrogen and oxygen atoms in total. The van der Waals surface area contributed by atoms with Crippen molar-refractivity contribution in [3.63, 3.8) is 0 Å². The fourth-order valence-electron chi connectivity index (χ4n) is 4.50.